The van der Waals surface area contributed by atoms with E-state index >= 15 is 0 Å². The normalized spacial score (nSPS) is 12.9. The molecule has 3 aromatic rings. The molecule has 0 bridgehead atoms. The van der Waals surface area contributed by atoms with Gasteiger partial charge in [-0.2, -0.15) is 0 Å². The number of ether oxygens (including phenoxy) is 2. The molecule has 0 saturated heterocycles. The number of carbonyl (C=O) groups excluding carboxylic acids is 2. The lowest BCUT2D eigenvalue weighted by Gasteiger charge is -2.29. The average Bonchev–Trinajstić information content (AvgIpc) is 3.32. The van der Waals surface area contributed by atoms with Gasteiger partial charge in [-0.15, -0.1) is 10.2 Å². The van der Waals surface area contributed by atoms with Gasteiger partial charge in [-0.25, -0.2) is 0 Å². The lowest BCUT2D eigenvalue weighted by molar-refractivity contribution is -0.116. The molecule has 0 radical (unpaired) electrons. The van der Waals surface area contributed by atoms with E-state index in [1.54, 1.807) is 32.4 Å². The van der Waals surface area contributed by atoms with Crippen LogP contribution < -0.4 is 19.7 Å². The second-order valence-corrected chi connectivity index (χ2v) is 9.58. The summed E-state index contributed by atoms with van der Waals surface area (Å²) in [6.45, 7) is 0.722. The molecule has 8 nitrogen and oxygen atoms in total. The average molecular weight is 497 g/mol. The third kappa shape index (κ3) is 5.75. The highest BCUT2D eigenvalue weighted by atomic mass is 32.2. The summed E-state index contributed by atoms with van der Waals surface area (Å²) in [6.07, 6.45) is 5.03. The van der Waals surface area contributed by atoms with Crippen molar-refractivity contribution >= 4 is 51.8 Å². The highest BCUT2D eigenvalue weighted by molar-refractivity contribution is 8.01. The third-order valence-electron chi connectivity index (χ3n) is 5.20. The Hall–Kier alpha value is -3.37. The number of thioether (sulfide) groups is 1. The summed E-state index contributed by atoms with van der Waals surface area (Å²) in [4.78, 5) is 26.9. The lowest BCUT2D eigenvalue weighted by atomic mass is 10.0. The topological polar surface area (TPSA) is 93.7 Å². The van der Waals surface area contributed by atoms with Crippen LogP contribution >= 0.6 is 23.1 Å². The number of aromatic nitrogens is 2. The first kappa shape index (κ1) is 23.8. The van der Waals surface area contributed by atoms with Crippen LogP contribution in [0, 0.1) is 0 Å². The number of hydrogen-bond acceptors (Lipinski definition) is 8. The van der Waals surface area contributed by atoms with E-state index in [1.165, 1.54) is 34.7 Å². The number of anilines is 2. The Morgan fingerprint density at radius 3 is 2.79 bits per heavy atom. The standard InChI is InChI=1S/C24H24N4O4S2/c1-31-19-11-9-16(14-20(19)32-2)10-12-21(29)25-23-26-27-24(34-23)33-15-22(30)28-13-5-7-17-6-3-4-8-18(17)28/h3-4,6,8-12,14H,5,7,13,15H2,1-2H3,(H,25,26,29)/b12-10+. The predicted octanol–water partition coefficient (Wildman–Crippen LogP) is 4.28. The van der Waals surface area contributed by atoms with Gasteiger partial charge < -0.3 is 14.4 Å². The van der Waals surface area contributed by atoms with E-state index in [9.17, 15) is 9.59 Å². The number of amides is 2. The van der Waals surface area contributed by atoms with E-state index in [1.807, 2.05) is 29.2 Å². The molecule has 1 aliphatic rings. The fourth-order valence-electron chi connectivity index (χ4n) is 3.59. The van der Waals surface area contributed by atoms with Crippen molar-refractivity contribution in [2.24, 2.45) is 0 Å². The molecule has 0 spiro atoms. The van der Waals surface area contributed by atoms with E-state index in [0.29, 0.717) is 21.0 Å². The van der Waals surface area contributed by atoms with Crippen molar-refractivity contribution in [2.45, 2.75) is 17.2 Å². The molecule has 1 N–H and O–H groups in total. The largest absolute Gasteiger partial charge is 0.493 e. The van der Waals surface area contributed by atoms with Crippen LogP contribution in [0.25, 0.3) is 6.08 Å². The molecule has 10 heteroatoms. The number of aryl methyl sites for hydroxylation is 1. The Morgan fingerprint density at radius 1 is 1.15 bits per heavy atom. The Morgan fingerprint density at radius 2 is 1.97 bits per heavy atom. The van der Waals surface area contributed by atoms with Gasteiger partial charge in [0.05, 0.1) is 20.0 Å². The van der Waals surface area contributed by atoms with Crippen LogP contribution in [0.2, 0.25) is 0 Å². The molecule has 0 saturated carbocycles. The van der Waals surface area contributed by atoms with Crippen molar-refractivity contribution in [1.82, 2.24) is 10.2 Å². The fraction of sp³-hybridized carbons (Fsp3) is 0.250. The Bertz CT molecular complexity index is 1210. The summed E-state index contributed by atoms with van der Waals surface area (Å²) in [6, 6.07) is 13.4. The van der Waals surface area contributed by atoms with Gasteiger partial charge in [0.25, 0.3) is 0 Å². The monoisotopic (exact) mass is 496 g/mol. The van der Waals surface area contributed by atoms with E-state index < -0.39 is 0 Å². The van der Waals surface area contributed by atoms with Gasteiger partial charge in [0, 0.05) is 18.3 Å². The SMILES string of the molecule is COc1ccc(/C=C/C(=O)Nc2nnc(SCC(=O)N3CCCc4ccccc43)s2)cc1OC. The molecule has 0 aliphatic carbocycles. The minimum absolute atomic E-state index is 0.0378. The first-order chi connectivity index (χ1) is 16.6. The van der Waals surface area contributed by atoms with Crippen molar-refractivity contribution in [3.63, 3.8) is 0 Å². The van der Waals surface area contributed by atoms with Gasteiger partial charge in [-0.05, 0) is 48.2 Å². The molecule has 1 aromatic heterocycles. The van der Waals surface area contributed by atoms with Crippen LogP contribution in [0.5, 0.6) is 11.5 Å². The Kier molecular flexibility index (Phi) is 7.81. The number of carbonyl (C=O) groups is 2. The second kappa shape index (κ2) is 11.2. The molecule has 2 aromatic carbocycles. The Balaban J connectivity index is 1.30. The second-order valence-electron chi connectivity index (χ2n) is 7.38. The maximum atomic E-state index is 12.8. The molecule has 0 fully saturated rings. The highest BCUT2D eigenvalue weighted by Crippen LogP contribution is 2.30. The number of nitrogens with zero attached hydrogens (tertiary/aromatic N) is 3. The summed E-state index contributed by atoms with van der Waals surface area (Å²) in [5, 5.41) is 11.2. The van der Waals surface area contributed by atoms with Crippen molar-refractivity contribution < 1.29 is 19.1 Å². The van der Waals surface area contributed by atoms with Gasteiger partial charge in [0.15, 0.2) is 15.8 Å². The molecule has 0 unspecified atom stereocenters. The van der Waals surface area contributed by atoms with E-state index in [4.69, 9.17) is 9.47 Å². The molecular formula is C24H24N4O4S2. The van der Waals surface area contributed by atoms with Crippen LogP contribution in [-0.4, -0.2) is 48.5 Å². The molecule has 0 atom stereocenters. The first-order valence-corrected chi connectivity index (χ1v) is 12.4. The van der Waals surface area contributed by atoms with E-state index in [2.05, 4.69) is 21.6 Å². The van der Waals surface area contributed by atoms with E-state index in [-0.39, 0.29) is 17.6 Å². The molecule has 34 heavy (non-hydrogen) atoms. The number of fused-ring (bicyclic) bond motifs is 1. The van der Waals surface area contributed by atoms with E-state index in [0.717, 1.165) is 30.6 Å². The van der Waals surface area contributed by atoms with Gasteiger partial charge in [-0.3, -0.25) is 14.9 Å². The highest BCUT2D eigenvalue weighted by Gasteiger charge is 2.22. The third-order valence-corrected chi connectivity index (χ3v) is 7.16. The summed E-state index contributed by atoms with van der Waals surface area (Å²) in [5.41, 5.74) is 2.99. The van der Waals surface area contributed by atoms with Crippen molar-refractivity contribution in [3.8, 4) is 11.5 Å². The zero-order valence-corrected chi connectivity index (χ0v) is 20.4. The number of hydrogen-bond donors (Lipinski definition) is 1. The number of benzene rings is 2. The predicted molar refractivity (Wildman–Crippen MR) is 135 cm³/mol. The van der Waals surface area contributed by atoms with Crippen LogP contribution in [0.4, 0.5) is 10.8 Å². The summed E-state index contributed by atoms with van der Waals surface area (Å²) < 4.78 is 11.1. The minimum atomic E-state index is -0.330. The molecular weight excluding hydrogens is 472 g/mol. The van der Waals surface area contributed by atoms with Crippen molar-refractivity contribution in [3.05, 3.63) is 59.7 Å². The van der Waals surface area contributed by atoms with Crippen LogP contribution in [0.15, 0.2) is 52.9 Å². The smallest absolute Gasteiger partial charge is 0.250 e. The quantitative estimate of drug-likeness (QED) is 0.283. The zero-order chi connectivity index (χ0) is 23.9. The number of nitrogens with one attached hydrogen (secondary N) is 1. The van der Waals surface area contributed by atoms with Gasteiger partial charge >= 0.3 is 0 Å². The molecule has 1 aliphatic heterocycles. The number of methoxy groups -OCH3 is 2. The summed E-state index contributed by atoms with van der Waals surface area (Å²) >= 11 is 2.56. The maximum absolute atomic E-state index is 12.8. The molecule has 2 heterocycles. The zero-order valence-electron chi connectivity index (χ0n) is 18.8. The number of rotatable bonds is 8. The summed E-state index contributed by atoms with van der Waals surface area (Å²) in [7, 11) is 3.13. The maximum Gasteiger partial charge on any atom is 0.250 e. The first-order valence-electron chi connectivity index (χ1n) is 10.6. The molecule has 4 rings (SSSR count). The van der Waals surface area contributed by atoms with Crippen molar-refractivity contribution in [1.29, 1.82) is 0 Å². The van der Waals surface area contributed by atoms with Crippen molar-refractivity contribution in [2.75, 3.05) is 36.7 Å². The van der Waals surface area contributed by atoms with Crippen LogP contribution in [0.1, 0.15) is 17.5 Å². The summed E-state index contributed by atoms with van der Waals surface area (Å²) in [5.74, 6) is 1.17. The number of para-hydroxylation sites is 1. The minimum Gasteiger partial charge on any atom is -0.493 e. The van der Waals surface area contributed by atoms with Gasteiger partial charge in [-0.1, -0.05) is 47.4 Å². The fourth-order valence-corrected chi connectivity index (χ4v) is 5.22. The van der Waals surface area contributed by atoms with Gasteiger partial charge in [0.2, 0.25) is 16.9 Å². The molecule has 176 valence electrons. The van der Waals surface area contributed by atoms with Crippen LogP contribution in [-0.2, 0) is 16.0 Å². The molecule has 2 amide bonds. The van der Waals surface area contributed by atoms with Gasteiger partial charge in [0.1, 0.15) is 0 Å². The Labute approximate surface area is 206 Å². The van der Waals surface area contributed by atoms with Crippen LogP contribution in [0.3, 0.4) is 0 Å². The lowest BCUT2D eigenvalue weighted by Crippen LogP contribution is -2.36.